The summed E-state index contributed by atoms with van der Waals surface area (Å²) in [6.07, 6.45) is 2.17. The van der Waals surface area contributed by atoms with Gasteiger partial charge in [-0.25, -0.2) is 0 Å². The van der Waals surface area contributed by atoms with E-state index < -0.39 is 5.97 Å². The molecule has 5 rings (SSSR count). The van der Waals surface area contributed by atoms with E-state index in [1.54, 1.807) is 0 Å². The zero-order valence-corrected chi connectivity index (χ0v) is 15.9. The van der Waals surface area contributed by atoms with Gasteiger partial charge in [-0.2, -0.15) is 0 Å². The van der Waals surface area contributed by atoms with Crippen LogP contribution in [0, 0.1) is 6.92 Å². The molecule has 0 aliphatic carbocycles. The fourth-order valence-corrected chi connectivity index (χ4v) is 4.86. The molecule has 1 atom stereocenters. The highest BCUT2D eigenvalue weighted by atomic mass is 16.5. The number of fused-ring (bicyclic) bond motifs is 1. The second kappa shape index (κ2) is 6.55. The molecule has 0 fully saturated rings. The maximum absolute atomic E-state index is 11.7. The number of ether oxygens (including phenoxy) is 1. The molecule has 3 aromatic rings. The Morgan fingerprint density at radius 2 is 2.07 bits per heavy atom. The van der Waals surface area contributed by atoms with Gasteiger partial charge in [-0.05, 0) is 65.3 Å². The van der Waals surface area contributed by atoms with Crippen LogP contribution in [0.3, 0.4) is 0 Å². The molecule has 2 aliphatic heterocycles. The summed E-state index contributed by atoms with van der Waals surface area (Å²) in [5.74, 6) is 0.679. The van der Waals surface area contributed by atoms with Crippen LogP contribution in [0.15, 0.2) is 42.5 Å². The molecule has 0 saturated carbocycles. The molecular formula is C24H23NO3. The van der Waals surface area contributed by atoms with Gasteiger partial charge in [0.15, 0.2) is 0 Å². The second-order valence-electron chi connectivity index (χ2n) is 7.79. The molecule has 4 nitrogen and oxygen atoms in total. The summed E-state index contributed by atoms with van der Waals surface area (Å²) < 4.78 is 5.93. The Labute approximate surface area is 164 Å². The summed E-state index contributed by atoms with van der Waals surface area (Å²) in [5.41, 5.74) is 6.42. The Morgan fingerprint density at radius 1 is 1.21 bits per heavy atom. The van der Waals surface area contributed by atoms with E-state index in [9.17, 15) is 9.90 Å². The predicted octanol–water partition coefficient (Wildman–Crippen LogP) is 5.12. The summed E-state index contributed by atoms with van der Waals surface area (Å²) in [5, 5.41) is 15.4. The number of aryl methyl sites for hydroxylation is 1. The highest BCUT2D eigenvalue weighted by Crippen LogP contribution is 2.49. The molecule has 1 unspecified atom stereocenters. The zero-order chi connectivity index (χ0) is 19.3. The largest absolute Gasteiger partial charge is 0.493 e. The van der Waals surface area contributed by atoms with E-state index >= 15 is 0 Å². The third-order valence-electron chi connectivity index (χ3n) is 6.11. The summed E-state index contributed by atoms with van der Waals surface area (Å²) in [6, 6.07) is 14.5. The van der Waals surface area contributed by atoms with Crippen molar-refractivity contribution >= 4 is 22.4 Å². The van der Waals surface area contributed by atoms with E-state index in [2.05, 4.69) is 35.6 Å². The number of benzene rings is 3. The second-order valence-corrected chi connectivity index (χ2v) is 7.79. The molecular weight excluding hydrogens is 350 g/mol. The number of nitrogens with one attached hydrogen (secondary N) is 1. The van der Waals surface area contributed by atoms with Crippen molar-refractivity contribution in [2.75, 3.05) is 18.5 Å². The van der Waals surface area contributed by atoms with Gasteiger partial charge in [0.25, 0.3) is 0 Å². The number of anilines is 1. The average Bonchev–Trinajstić information content (AvgIpc) is 2.70. The predicted molar refractivity (Wildman–Crippen MR) is 111 cm³/mol. The molecule has 0 radical (unpaired) electrons. The van der Waals surface area contributed by atoms with Crippen molar-refractivity contribution in [3.8, 4) is 16.9 Å². The fraction of sp³-hybridized carbons (Fsp3) is 0.292. The number of carboxylic acids is 1. The smallest absolute Gasteiger partial charge is 0.307 e. The molecule has 28 heavy (non-hydrogen) atoms. The van der Waals surface area contributed by atoms with E-state index in [-0.39, 0.29) is 6.42 Å². The number of carbonyl (C=O) groups is 1. The molecule has 0 amide bonds. The molecule has 2 N–H and O–H groups in total. The fourth-order valence-electron chi connectivity index (χ4n) is 4.86. The number of rotatable bonds is 3. The maximum Gasteiger partial charge on any atom is 0.307 e. The van der Waals surface area contributed by atoms with Crippen LogP contribution >= 0.6 is 0 Å². The van der Waals surface area contributed by atoms with Crippen LogP contribution < -0.4 is 10.1 Å². The zero-order valence-electron chi connectivity index (χ0n) is 15.9. The van der Waals surface area contributed by atoms with Gasteiger partial charge < -0.3 is 15.2 Å². The Hall–Kier alpha value is -3.01. The Kier molecular flexibility index (Phi) is 4.00. The maximum atomic E-state index is 11.7. The van der Waals surface area contributed by atoms with Crippen LogP contribution in [0.1, 0.15) is 35.4 Å². The normalized spacial score (nSPS) is 17.5. The van der Waals surface area contributed by atoms with Crippen molar-refractivity contribution in [3.05, 3.63) is 59.2 Å². The highest BCUT2D eigenvalue weighted by Gasteiger charge is 2.30. The van der Waals surface area contributed by atoms with Crippen LogP contribution in [0.4, 0.5) is 5.69 Å². The molecule has 2 heterocycles. The van der Waals surface area contributed by atoms with E-state index in [4.69, 9.17) is 4.74 Å². The van der Waals surface area contributed by atoms with E-state index in [0.29, 0.717) is 5.92 Å². The number of hydrogen-bond donors (Lipinski definition) is 2. The number of hydrogen-bond acceptors (Lipinski definition) is 3. The van der Waals surface area contributed by atoms with Gasteiger partial charge in [0, 0.05) is 23.4 Å². The third kappa shape index (κ3) is 2.63. The molecule has 3 aromatic carbocycles. The third-order valence-corrected chi connectivity index (χ3v) is 6.11. The van der Waals surface area contributed by atoms with E-state index in [0.717, 1.165) is 70.5 Å². The molecule has 0 spiro atoms. The van der Waals surface area contributed by atoms with E-state index in [1.165, 1.54) is 5.56 Å². The van der Waals surface area contributed by atoms with Gasteiger partial charge in [0.1, 0.15) is 5.75 Å². The molecule has 2 aliphatic rings. The summed E-state index contributed by atoms with van der Waals surface area (Å²) in [6.45, 7) is 3.72. The highest BCUT2D eigenvalue weighted by molar-refractivity contribution is 6.03. The first-order chi connectivity index (χ1) is 13.6. The minimum Gasteiger partial charge on any atom is -0.493 e. The summed E-state index contributed by atoms with van der Waals surface area (Å²) >= 11 is 0. The van der Waals surface area contributed by atoms with Gasteiger partial charge in [-0.15, -0.1) is 0 Å². The van der Waals surface area contributed by atoms with Gasteiger partial charge >= 0.3 is 5.97 Å². The molecule has 0 aromatic heterocycles. The lowest BCUT2D eigenvalue weighted by Crippen LogP contribution is -2.24. The molecule has 142 valence electrons. The molecule has 4 heteroatoms. The van der Waals surface area contributed by atoms with E-state index in [1.807, 2.05) is 19.1 Å². The Bertz CT molecular complexity index is 1100. The van der Waals surface area contributed by atoms with Crippen LogP contribution in [-0.4, -0.2) is 24.2 Å². The van der Waals surface area contributed by atoms with Gasteiger partial charge in [0.05, 0.1) is 13.0 Å². The minimum atomic E-state index is -0.805. The van der Waals surface area contributed by atoms with Crippen molar-refractivity contribution in [1.29, 1.82) is 0 Å². The lowest BCUT2D eigenvalue weighted by molar-refractivity contribution is -0.136. The number of aliphatic carboxylic acids is 1. The summed E-state index contributed by atoms with van der Waals surface area (Å²) in [4.78, 5) is 11.7. The summed E-state index contributed by atoms with van der Waals surface area (Å²) in [7, 11) is 0. The number of carboxylic acid groups (broad SMARTS) is 1. The minimum absolute atomic E-state index is 0.0163. The van der Waals surface area contributed by atoms with Gasteiger partial charge in [0.2, 0.25) is 0 Å². The van der Waals surface area contributed by atoms with Crippen molar-refractivity contribution in [2.45, 2.75) is 32.1 Å². The van der Waals surface area contributed by atoms with Gasteiger partial charge in [-0.3, -0.25) is 4.79 Å². The molecule has 0 saturated heterocycles. The topological polar surface area (TPSA) is 58.6 Å². The van der Waals surface area contributed by atoms with Crippen molar-refractivity contribution in [3.63, 3.8) is 0 Å². The SMILES string of the molecule is Cc1cc2ccccc2c(-c2ccc3c4c2NCCC4CCO3)c1CC(=O)O. The molecule has 0 bridgehead atoms. The standard InChI is InChI=1S/C24H23NO3/c1-14-12-16-4-2-3-5-17(16)23(19(14)13-21(26)27)18-6-7-20-22-15(9-11-28-20)8-10-25-24(18)22/h2-7,12,15,25H,8-11,13H2,1H3,(H,26,27). The van der Waals surface area contributed by atoms with Crippen molar-refractivity contribution in [2.24, 2.45) is 0 Å². The van der Waals surface area contributed by atoms with Crippen LogP contribution in [-0.2, 0) is 11.2 Å². The lowest BCUT2D eigenvalue weighted by Gasteiger charge is -2.34. The first kappa shape index (κ1) is 17.1. The van der Waals surface area contributed by atoms with Crippen molar-refractivity contribution in [1.82, 2.24) is 0 Å². The van der Waals surface area contributed by atoms with Gasteiger partial charge in [-0.1, -0.05) is 30.3 Å². The quantitative estimate of drug-likeness (QED) is 0.669. The lowest BCUT2D eigenvalue weighted by atomic mass is 9.81. The average molecular weight is 373 g/mol. The van der Waals surface area contributed by atoms with Crippen LogP contribution in [0.25, 0.3) is 21.9 Å². The van der Waals surface area contributed by atoms with Crippen LogP contribution in [0.5, 0.6) is 5.75 Å². The Balaban J connectivity index is 1.85. The monoisotopic (exact) mass is 373 g/mol. The van der Waals surface area contributed by atoms with Crippen molar-refractivity contribution < 1.29 is 14.6 Å². The first-order valence-electron chi connectivity index (χ1n) is 9.90. The first-order valence-corrected chi connectivity index (χ1v) is 9.90. The van der Waals surface area contributed by atoms with Crippen LogP contribution in [0.2, 0.25) is 0 Å². The Morgan fingerprint density at radius 3 is 2.93 bits per heavy atom.